The number of rotatable bonds is 6. The van der Waals surface area contributed by atoms with Gasteiger partial charge in [0.15, 0.2) is 0 Å². The number of carbonyl (C=O) groups excluding carboxylic acids is 1. The number of anilines is 1. The zero-order chi connectivity index (χ0) is 23.5. The number of amides is 1. The highest BCUT2D eigenvalue weighted by Gasteiger charge is 2.33. The van der Waals surface area contributed by atoms with Crippen LogP contribution in [0.25, 0.3) is 0 Å². The molecule has 1 aliphatic heterocycles. The average molecular weight is 470 g/mol. The smallest absolute Gasteiger partial charge is 0.417 e. The van der Waals surface area contributed by atoms with Gasteiger partial charge in [0.1, 0.15) is 11.6 Å². The molecule has 1 saturated heterocycles. The van der Waals surface area contributed by atoms with Gasteiger partial charge in [0.2, 0.25) is 5.91 Å². The number of alkyl halides is 3. The van der Waals surface area contributed by atoms with Crippen molar-refractivity contribution in [3.05, 3.63) is 52.7 Å². The topological polar surface area (TPSA) is 54.5 Å². The van der Waals surface area contributed by atoms with Crippen LogP contribution in [0.5, 0.6) is 5.75 Å². The summed E-state index contributed by atoms with van der Waals surface area (Å²) in [6.07, 6.45) is -2.56. The van der Waals surface area contributed by atoms with Gasteiger partial charge < -0.3 is 15.0 Å². The fraction of sp³-hybridized carbons (Fsp3) is 0.478. The molecule has 2 aromatic rings. The predicted octanol–water partition coefficient (Wildman–Crippen LogP) is 5.49. The molecule has 1 N–H and O–H groups in total. The summed E-state index contributed by atoms with van der Waals surface area (Å²) in [6.45, 7) is 5.09. The molecule has 1 aromatic heterocycles. The third-order valence-corrected chi connectivity index (χ3v) is 6.03. The van der Waals surface area contributed by atoms with Crippen molar-refractivity contribution >= 4 is 23.3 Å². The van der Waals surface area contributed by atoms with E-state index in [1.165, 1.54) is 0 Å². The molecule has 1 unspecified atom stereocenters. The number of halogens is 4. The van der Waals surface area contributed by atoms with Crippen molar-refractivity contribution in [1.29, 1.82) is 0 Å². The SMILES string of the molecule is COc1ccc(C(NC(=O)C2CCN(c3ncc(C(F)(F)F)cc3Cl)CC2)C(C)C)cc1. The molecule has 5 nitrogen and oxygen atoms in total. The summed E-state index contributed by atoms with van der Waals surface area (Å²) in [4.78, 5) is 18.7. The summed E-state index contributed by atoms with van der Waals surface area (Å²) >= 11 is 6.07. The zero-order valence-corrected chi connectivity index (χ0v) is 19.0. The van der Waals surface area contributed by atoms with Crippen molar-refractivity contribution in [1.82, 2.24) is 10.3 Å². The van der Waals surface area contributed by atoms with Crippen LogP contribution in [-0.2, 0) is 11.0 Å². The quantitative estimate of drug-likeness (QED) is 0.607. The second-order valence-electron chi connectivity index (χ2n) is 8.29. The van der Waals surface area contributed by atoms with Crippen molar-refractivity contribution in [2.45, 2.75) is 38.9 Å². The van der Waals surface area contributed by atoms with E-state index in [0.717, 1.165) is 23.6 Å². The molecule has 1 atom stereocenters. The molecule has 0 bridgehead atoms. The molecule has 0 spiro atoms. The van der Waals surface area contributed by atoms with E-state index in [2.05, 4.69) is 24.1 Å². The minimum Gasteiger partial charge on any atom is -0.497 e. The van der Waals surface area contributed by atoms with Crippen LogP contribution in [-0.4, -0.2) is 31.1 Å². The van der Waals surface area contributed by atoms with Gasteiger partial charge in [-0.25, -0.2) is 4.98 Å². The number of piperidine rings is 1. The average Bonchev–Trinajstić information content (AvgIpc) is 2.76. The second kappa shape index (κ2) is 9.98. The van der Waals surface area contributed by atoms with Crippen molar-refractivity contribution < 1.29 is 22.7 Å². The molecule has 9 heteroatoms. The highest BCUT2D eigenvalue weighted by Crippen LogP contribution is 2.35. The summed E-state index contributed by atoms with van der Waals surface area (Å²) in [5.74, 6) is 1.06. The number of hydrogen-bond acceptors (Lipinski definition) is 4. The van der Waals surface area contributed by atoms with Crippen LogP contribution in [0.2, 0.25) is 5.02 Å². The zero-order valence-electron chi connectivity index (χ0n) is 18.2. The van der Waals surface area contributed by atoms with Crippen LogP contribution >= 0.6 is 11.6 Å². The third kappa shape index (κ3) is 5.65. The van der Waals surface area contributed by atoms with Crippen LogP contribution in [0.3, 0.4) is 0 Å². The Morgan fingerprint density at radius 1 is 1.22 bits per heavy atom. The Balaban J connectivity index is 1.62. The molecule has 3 rings (SSSR count). The lowest BCUT2D eigenvalue weighted by molar-refractivity contribution is -0.137. The molecule has 174 valence electrons. The minimum atomic E-state index is -4.49. The summed E-state index contributed by atoms with van der Waals surface area (Å²) in [5.41, 5.74) is 0.131. The Morgan fingerprint density at radius 2 is 1.84 bits per heavy atom. The largest absolute Gasteiger partial charge is 0.497 e. The highest BCUT2D eigenvalue weighted by atomic mass is 35.5. The Hall–Kier alpha value is -2.48. The number of ether oxygens (including phenoxy) is 1. The van der Waals surface area contributed by atoms with E-state index in [9.17, 15) is 18.0 Å². The Bertz CT molecular complexity index is 927. The number of pyridine rings is 1. The monoisotopic (exact) mass is 469 g/mol. The first-order valence-corrected chi connectivity index (χ1v) is 10.9. The maximum Gasteiger partial charge on any atom is 0.417 e. The second-order valence-corrected chi connectivity index (χ2v) is 8.70. The summed E-state index contributed by atoms with van der Waals surface area (Å²) in [6, 6.07) is 8.41. The maximum atomic E-state index is 13.0. The number of aromatic nitrogens is 1. The molecule has 1 amide bonds. The molecule has 0 radical (unpaired) electrons. The van der Waals surface area contributed by atoms with Crippen LogP contribution in [0.15, 0.2) is 36.5 Å². The standard InChI is InChI=1S/C23H27ClF3N3O2/c1-14(2)20(15-4-6-18(32-3)7-5-15)29-22(31)16-8-10-30(11-9-16)21-19(24)12-17(13-28-21)23(25,26)27/h4-7,12-14,16,20H,8-11H2,1-3H3,(H,29,31). The molecule has 1 aliphatic rings. The van der Waals surface area contributed by atoms with Crippen molar-refractivity contribution in [3.63, 3.8) is 0 Å². The molecule has 32 heavy (non-hydrogen) atoms. The highest BCUT2D eigenvalue weighted by molar-refractivity contribution is 6.33. The van der Waals surface area contributed by atoms with Crippen LogP contribution in [0, 0.1) is 11.8 Å². The summed E-state index contributed by atoms with van der Waals surface area (Å²) in [5, 5.41) is 3.13. The third-order valence-electron chi connectivity index (χ3n) is 5.75. The van der Waals surface area contributed by atoms with Gasteiger partial charge in [0.25, 0.3) is 0 Å². The van der Waals surface area contributed by atoms with Gasteiger partial charge in [-0.1, -0.05) is 37.6 Å². The first-order chi connectivity index (χ1) is 15.1. The minimum absolute atomic E-state index is 0.0226. The molecular weight excluding hydrogens is 443 g/mol. The Morgan fingerprint density at radius 3 is 2.34 bits per heavy atom. The van der Waals surface area contributed by atoms with E-state index in [4.69, 9.17) is 16.3 Å². The Labute approximate surface area is 190 Å². The number of hydrogen-bond donors (Lipinski definition) is 1. The maximum absolute atomic E-state index is 13.0. The lowest BCUT2D eigenvalue weighted by Gasteiger charge is -2.34. The van der Waals surface area contributed by atoms with Gasteiger partial charge >= 0.3 is 6.18 Å². The summed E-state index contributed by atoms with van der Waals surface area (Å²) < 4.78 is 43.7. The van der Waals surface area contributed by atoms with Gasteiger partial charge in [-0.05, 0) is 42.5 Å². The van der Waals surface area contributed by atoms with E-state index >= 15 is 0 Å². The van der Waals surface area contributed by atoms with E-state index in [0.29, 0.717) is 31.7 Å². The van der Waals surface area contributed by atoms with Gasteiger partial charge in [-0.2, -0.15) is 13.2 Å². The van der Waals surface area contributed by atoms with Gasteiger partial charge in [0, 0.05) is 25.2 Å². The number of benzene rings is 1. The molecule has 0 aliphatic carbocycles. The number of nitrogens with one attached hydrogen (secondary N) is 1. The molecule has 1 aromatic carbocycles. The first kappa shape index (κ1) is 24.2. The van der Waals surface area contributed by atoms with Gasteiger partial charge in [-0.15, -0.1) is 0 Å². The molecule has 0 saturated carbocycles. The van der Waals surface area contributed by atoms with Gasteiger partial charge in [0.05, 0.1) is 23.7 Å². The van der Waals surface area contributed by atoms with Crippen molar-refractivity contribution in [3.8, 4) is 5.75 Å². The predicted molar refractivity (Wildman–Crippen MR) is 118 cm³/mol. The molecule has 1 fully saturated rings. The lowest BCUT2D eigenvalue weighted by Crippen LogP contribution is -2.42. The normalized spacial score (nSPS) is 16.2. The summed E-state index contributed by atoms with van der Waals surface area (Å²) in [7, 11) is 1.61. The van der Waals surface area contributed by atoms with Crippen LogP contribution in [0.1, 0.15) is 43.9 Å². The number of nitrogens with zero attached hydrogens (tertiary/aromatic N) is 2. The van der Waals surface area contributed by atoms with E-state index in [-0.39, 0.29) is 28.8 Å². The van der Waals surface area contributed by atoms with Crippen molar-refractivity contribution in [2.24, 2.45) is 11.8 Å². The van der Waals surface area contributed by atoms with E-state index in [1.807, 2.05) is 29.2 Å². The molecule has 2 heterocycles. The van der Waals surface area contributed by atoms with E-state index in [1.54, 1.807) is 7.11 Å². The van der Waals surface area contributed by atoms with E-state index < -0.39 is 11.7 Å². The van der Waals surface area contributed by atoms with Crippen molar-refractivity contribution in [2.75, 3.05) is 25.1 Å². The van der Waals surface area contributed by atoms with Crippen LogP contribution in [0.4, 0.5) is 19.0 Å². The van der Waals surface area contributed by atoms with Gasteiger partial charge in [-0.3, -0.25) is 4.79 Å². The fourth-order valence-corrected chi connectivity index (χ4v) is 4.18. The molecular formula is C23H27ClF3N3O2. The lowest BCUT2D eigenvalue weighted by atomic mass is 9.92. The first-order valence-electron chi connectivity index (χ1n) is 10.5. The number of methoxy groups -OCH3 is 1. The Kier molecular flexibility index (Phi) is 7.54. The van der Waals surface area contributed by atoms with Crippen LogP contribution < -0.4 is 15.0 Å². The number of carbonyl (C=O) groups is 1. The fourth-order valence-electron chi connectivity index (χ4n) is 3.89.